The van der Waals surface area contributed by atoms with E-state index in [0.29, 0.717) is 17.1 Å². The highest BCUT2D eigenvalue weighted by atomic mass is 19.1. The fraction of sp³-hybridized carbons (Fsp3) is 0.393. The molecule has 1 fully saturated rings. The summed E-state index contributed by atoms with van der Waals surface area (Å²) in [5.74, 6) is -0.154. The number of aromatic nitrogens is 2. The Morgan fingerprint density at radius 2 is 1.92 bits per heavy atom. The van der Waals surface area contributed by atoms with Crippen molar-refractivity contribution in [2.75, 3.05) is 50.8 Å². The highest BCUT2D eigenvalue weighted by molar-refractivity contribution is 5.99. The van der Waals surface area contributed by atoms with Gasteiger partial charge in [-0.15, -0.1) is 0 Å². The molecule has 1 saturated heterocycles. The number of nitrogens with two attached hydrogens (primary N) is 1. The molecule has 1 aliphatic rings. The Labute approximate surface area is 218 Å². The Morgan fingerprint density at radius 3 is 2.57 bits per heavy atom. The molecule has 37 heavy (non-hydrogen) atoms. The molecule has 1 aliphatic heterocycles. The number of carbonyl (C=O) groups is 1. The monoisotopic (exact) mass is 507 g/mol. The number of likely N-dealkylation sites (tertiary alicyclic amines) is 1. The van der Waals surface area contributed by atoms with Crippen molar-refractivity contribution in [3.8, 4) is 0 Å². The first-order chi connectivity index (χ1) is 17.9. The summed E-state index contributed by atoms with van der Waals surface area (Å²) < 4.78 is 13.1. The predicted octanol–water partition coefficient (Wildman–Crippen LogP) is 3.98. The molecule has 9 heteroatoms. The number of anilines is 2. The van der Waals surface area contributed by atoms with E-state index in [9.17, 15) is 9.18 Å². The second kappa shape index (κ2) is 14.2. The van der Waals surface area contributed by atoms with Crippen LogP contribution in [-0.2, 0) is 0 Å². The number of hydrogen-bond donors (Lipinski definition) is 4. The van der Waals surface area contributed by atoms with Crippen LogP contribution in [0.3, 0.4) is 0 Å². The molecule has 0 radical (unpaired) electrons. The Morgan fingerprint density at radius 1 is 1.19 bits per heavy atom. The van der Waals surface area contributed by atoms with Crippen LogP contribution in [0, 0.1) is 0 Å². The second-order valence-corrected chi connectivity index (χ2v) is 9.02. The Hall–Kier alpha value is -3.56. The minimum absolute atomic E-state index is 0.143. The first-order valence-electron chi connectivity index (χ1n) is 12.7. The van der Waals surface area contributed by atoms with E-state index in [1.165, 1.54) is 32.3 Å². The number of halogens is 1. The van der Waals surface area contributed by atoms with Gasteiger partial charge in [-0.25, -0.2) is 14.4 Å². The van der Waals surface area contributed by atoms with Crippen molar-refractivity contribution in [2.24, 2.45) is 0 Å². The van der Waals surface area contributed by atoms with Crippen molar-refractivity contribution in [1.82, 2.24) is 25.5 Å². The number of rotatable bonds is 12. The minimum atomic E-state index is -0.423. The third-order valence-corrected chi connectivity index (χ3v) is 6.28. The number of nitrogens with zero attached hydrogens (tertiary/aromatic N) is 3. The highest BCUT2D eigenvalue weighted by Crippen LogP contribution is 2.26. The fourth-order valence-corrected chi connectivity index (χ4v) is 4.28. The molecule has 3 rings (SSSR count). The summed E-state index contributed by atoms with van der Waals surface area (Å²) in [7, 11) is 1.67. The van der Waals surface area contributed by atoms with Gasteiger partial charge in [0, 0.05) is 26.7 Å². The van der Waals surface area contributed by atoms with Crippen LogP contribution in [0.2, 0.25) is 0 Å². The van der Waals surface area contributed by atoms with Crippen LogP contribution in [-0.4, -0.2) is 60.5 Å². The van der Waals surface area contributed by atoms with Crippen LogP contribution in [0.4, 0.5) is 15.9 Å². The van der Waals surface area contributed by atoms with Crippen LogP contribution >= 0.6 is 0 Å². The molecule has 2 aromatic rings. The normalized spacial score (nSPS) is 15.8. The molecule has 8 nitrogen and oxygen atoms in total. The molecule has 1 atom stereocenters. The van der Waals surface area contributed by atoms with E-state index in [1.54, 1.807) is 19.2 Å². The lowest BCUT2D eigenvalue weighted by Gasteiger charge is -2.27. The van der Waals surface area contributed by atoms with Gasteiger partial charge in [0.05, 0.1) is 11.9 Å². The van der Waals surface area contributed by atoms with Gasteiger partial charge in [0.1, 0.15) is 5.69 Å². The van der Waals surface area contributed by atoms with Gasteiger partial charge < -0.3 is 26.6 Å². The highest BCUT2D eigenvalue weighted by Gasteiger charge is 2.24. The zero-order valence-corrected chi connectivity index (χ0v) is 21.8. The zero-order chi connectivity index (χ0) is 26.6. The average molecular weight is 508 g/mol. The first-order valence-corrected chi connectivity index (χ1v) is 12.7. The smallest absolute Gasteiger partial charge is 0.272 e. The van der Waals surface area contributed by atoms with Gasteiger partial charge in [-0.2, -0.15) is 0 Å². The topological polar surface area (TPSA) is 108 Å². The van der Waals surface area contributed by atoms with Gasteiger partial charge in [-0.3, -0.25) is 4.79 Å². The lowest BCUT2D eigenvalue weighted by molar-refractivity contribution is 0.0952. The maximum Gasteiger partial charge on any atom is 0.272 e. The maximum atomic E-state index is 13.2. The molecule has 2 heterocycles. The third-order valence-electron chi connectivity index (χ3n) is 6.28. The molecule has 0 saturated carbocycles. The summed E-state index contributed by atoms with van der Waals surface area (Å²) in [6, 6.07) is 9.55. The summed E-state index contributed by atoms with van der Waals surface area (Å²) in [5, 5.41) is 9.35. The van der Waals surface area contributed by atoms with E-state index in [1.807, 2.05) is 30.3 Å². The molecule has 1 aromatic heterocycles. The lowest BCUT2D eigenvalue weighted by atomic mass is 10.1. The summed E-state index contributed by atoms with van der Waals surface area (Å²) in [5.41, 5.74) is 8.42. The van der Waals surface area contributed by atoms with Gasteiger partial charge in [-0.05, 0) is 50.1 Å². The van der Waals surface area contributed by atoms with E-state index >= 15 is 0 Å². The van der Waals surface area contributed by atoms with Gasteiger partial charge in [0.15, 0.2) is 17.3 Å². The SMILES string of the molecule is C=C/C(=C\C=C(/C)F)CNC(=O)c1nc(C(NCCN2CCCCC2)c2ccccc2)nc(N)c1NC. The molecule has 5 N–H and O–H groups in total. The van der Waals surface area contributed by atoms with Crippen LogP contribution in [0.5, 0.6) is 0 Å². The molecule has 0 spiro atoms. The molecule has 198 valence electrons. The Bertz CT molecular complexity index is 1110. The number of amides is 1. The van der Waals surface area contributed by atoms with Crippen molar-refractivity contribution in [2.45, 2.75) is 32.2 Å². The molecule has 1 unspecified atom stereocenters. The molecular weight excluding hydrogens is 469 g/mol. The largest absolute Gasteiger partial charge is 0.383 e. The number of carbonyl (C=O) groups excluding carboxylic acids is 1. The number of benzene rings is 1. The number of nitrogen functional groups attached to an aromatic ring is 1. The quantitative estimate of drug-likeness (QED) is 0.322. The van der Waals surface area contributed by atoms with Gasteiger partial charge in [0.25, 0.3) is 5.91 Å². The van der Waals surface area contributed by atoms with Crippen molar-refractivity contribution < 1.29 is 9.18 Å². The predicted molar refractivity (Wildman–Crippen MR) is 148 cm³/mol. The van der Waals surface area contributed by atoms with E-state index in [0.717, 1.165) is 31.7 Å². The maximum absolute atomic E-state index is 13.2. The number of nitrogens with one attached hydrogen (secondary N) is 3. The first kappa shape index (κ1) is 28.0. The zero-order valence-electron chi connectivity index (χ0n) is 21.8. The summed E-state index contributed by atoms with van der Waals surface area (Å²) in [4.78, 5) is 24.9. The van der Waals surface area contributed by atoms with Crippen LogP contribution in [0.1, 0.15) is 54.1 Å². The molecule has 0 aliphatic carbocycles. The van der Waals surface area contributed by atoms with E-state index < -0.39 is 5.91 Å². The van der Waals surface area contributed by atoms with E-state index in [4.69, 9.17) is 5.73 Å². The minimum Gasteiger partial charge on any atom is -0.383 e. The van der Waals surface area contributed by atoms with Gasteiger partial charge in [0.2, 0.25) is 0 Å². The van der Waals surface area contributed by atoms with Crippen molar-refractivity contribution in [3.05, 3.63) is 83.6 Å². The lowest BCUT2D eigenvalue weighted by Crippen LogP contribution is -2.37. The summed E-state index contributed by atoms with van der Waals surface area (Å²) in [6.45, 7) is 9.13. The van der Waals surface area contributed by atoms with Crippen LogP contribution in [0.15, 0.2) is 66.5 Å². The van der Waals surface area contributed by atoms with E-state index in [-0.39, 0.29) is 29.9 Å². The fourth-order valence-electron chi connectivity index (χ4n) is 4.28. The van der Waals surface area contributed by atoms with Gasteiger partial charge >= 0.3 is 0 Å². The number of allylic oxidation sites excluding steroid dienone is 3. The van der Waals surface area contributed by atoms with Crippen molar-refractivity contribution >= 4 is 17.4 Å². The Kier molecular flexibility index (Phi) is 10.8. The van der Waals surface area contributed by atoms with E-state index in [2.05, 4.69) is 37.4 Å². The second-order valence-electron chi connectivity index (χ2n) is 9.02. The van der Waals surface area contributed by atoms with Crippen molar-refractivity contribution in [3.63, 3.8) is 0 Å². The standard InChI is InChI=1S/C28H38FN7O/c1-4-21(14-13-20(2)29)19-33-28(37)25-24(31-3)26(30)35-27(34-25)23(22-11-7-5-8-12-22)32-15-18-36-16-9-6-10-17-36/h4-5,7-8,11-14,23,31-32H,1,6,9-10,15-19H2,2-3H3,(H,33,37)(H2,30,34,35)/b20-13+,21-14+. The molecule has 0 bridgehead atoms. The number of hydrogen-bond acceptors (Lipinski definition) is 7. The van der Waals surface area contributed by atoms with Gasteiger partial charge in [-0.1, -0.05) is 55.5 Å². The molecular formula is C28H38FN7O. The molecule has 1 aromatic carbocycles. The Balaban J connectivity index is 1.85. The summed E-state index contributed by atoms with van der Waals surface area (Å²) in [6.07, 6.45) is 8.22. The average Bonchev–Trinajstić information content (AvgIpc) is 2.91. The third kappa shape index (κ3) is 8.23. The number of piperidine rings is 1. The van der Waals surface area contributed by atoms with Crippen molar-refractivity contribution in [1.29, 1.82) is 0 Å². The van der Waals surface area contributed by atoms with Crippen LogP contribution < -0.4 is 21.7 Å². The molecule has 1 amide bonds. The summed E-state index contributed by atoms with van der Waals surface area (Å²) >= 11 is 0. The van der Waals surface area contributed by atoms with Crippen LogP contribution in [0.25, 0.3) is 0 Å².